The lowest BCUT2D eigenvalue weighted by Gasteiger charge is -2.24. The Hall–Kier alpha value is -1.29. The van der Waals surface area contributed by atoms with E-state index in [2.05, 4.69) is 0 Å². The largest absolute Gasteiger partial charge is 0.493 e. The predicted octanol–water partition coefficient (Wildman–Crippen LogP) is 2.48. The van der Waals surface area contributed by atoms with Gasteiger partial charge in [0.25, 0.3) is 0 Å². The summed E-state index contributed by atoms with van der Waals surface area (Å²) in [5, 5.41) is 11.1. The van der Waals surface area contributed by atoms with Gasteiger partial charge in [0.1, 0.15) is 5.75 Å². The van der Waals surface area contributed by atoms with Crippen molar-refractivity contribution in [1.29, 1.82) is 0 Å². The van der Waals surface area contributed by atoms with Crippen molar-refractivity contribution in [3.8, 4) is 5.75 Å². The Morgan fingerprint density at radius 2 is 2.40 bits per heavy atom. The number of halogens is 1. The van der Waals surface area contributed by atoms with Gasteiger partial charge in [-0.1, -0.05) is 17.7 Å². The van der Waals surface area contributed by atoms with Crippen molar-refractivity contribution in [1.82, 2.24) is 0 Å². The molecule has 2 rings (SSSR count). The molecule has 1 heterocycles. The van der Waals surface area contributed by atoms with Gasteiger partial charge in [0, 0.05) is 15.5 Å². The minimum Gasteiger partial charge on any atom is -0.493 e. The lowest BCUT2D eigenvalue weighted by molar-refractivity contribution is -0.483. The van der Waals surface area contributed by atoms with E-state index in [0.29, 0.717) is 23.8 Å². The first-order valence-corrected chi connectivity index (χ1v) is 5.09. The van der Waals surface area contributed by atoms with Crippen molar-refractivity contribution in [2.24, 2.45) is 0 Å². The second-order valence-electron chi connectivity index (χ2n) is 3.50. The van der Waals surface area contributed by atoms with Crippen LogP contribution in [0, 0.1) is 10.1 Å². The smallest absolute Gasteiger partial charge is 0.211 e. The van der Waals surface area contributed by atoms with Crippen LogP contribution in [0.3, 0.4) is 0 Å². The Morgan fingerprint density at radius 1 is 1.60 bits per heavy atom. The monoisotopic (exact) mass is 227 g/mol. The first-order valence-electron chi connectivity index (χ1n) is 4.71. The zero-order valence-corrected chi connectivity index (χ0v) is 8.74. The second kappa shape index (κ2) is 4.06. The molecule has 5 heteroatoms. The van der Waals surface area contributed by atoms with Crippen LogP contribution in [0.5, 0.6) is 5.75 Å². The summed E-state index contributed by atoms with van der Waals surface area (Å²) in [6, 6.07) is 5.32. The number of hydrogen-bond acceptors (Lipinski definition) is 3. The van der Waals surface area contributed by atoms with Gasteiger partial charge in [-0.2, -0.15) is 0 Å². The standard InChI is InChI=1S/C10H10ClNO3/c11-8-2-1-3-9-10(8)7(4-5-15-9)6-12(13)14/h1-3,7H,4-6H2. The maximum atomic E-state index is 10.5. The molecule has 15 heavy (non-hydrogen) atoms. The third-order valence-corrected chi connectivity index (χ3v) is 2.84. The van der Waals surface area contributed by atoms with Crippen LogP contribution >= 0.6 is 11.6 Å². The van der Waals surface area contributed by atoms with Crippen LogP contribution in [0.1, 0.15) is 17.9 Å². The molecule has 0 aromatic heterocycles. The summed E-state index contributed by atoms with van der Waals surface area (Å²) in [6.07, 6.45) is 0.651. The Labute approximate surface area is 92.0 Å². The zero-order valence-electron chi connectivity index (χ0n) is 7.98. The number of hydrogen-bond donors (Lipinski definition) is 0. The number of nitrogens with zero attached hydrogens (tertiary/aromatic N) is 1. The molecule has 0 spiro atoms. The highest BCUT2D eigenvalue weighted by atomic mass is 35.5. The molecule has 0 radical (unpaired) electrons. The van der Waals surface area contributed by atoms with Gasteiger partial charge in [0.15, 0.2) is 0 Å². The molecule has 0 saturated carbocycles. The quantitative estimate of drug-likeness (QED) is 0.576. The summed E-state index contributed by atoms with van der Waals surface area (Å²) >= 11 is 6.02. The third-order valence-electron chi connectivity index (χ3n) is 2.51. The second-order valence-corrected chi connectivity index (χ2v) is 3.91. The predicted molar refractivity (Wildman–Crippen MR) is 56.2 cm³/mol. The summed E-state index contributed by atoms with van der Waals surface area (Å²) in [5.41, 5.74) is 0.780. The minimum absolute atomic E-state index is 0.0832. The number of rotatable bonds is 2. The first-order chi connectivity index (χ1) is 7.18. The van der Waals surface area contributed by atoms with Gasteiger partial charge in [-0.3, -0.25) is 10.1 Å². The molecule has 1 aliphatic rings. The van der Waals surface area contributed by atoms with Crippen LogP contribution in [-0.2, 0) is 0 Å². The van der Waals surface area contributed by atoms with Crippen LogP contribution < -0.4 is 4.74 Å². The average Bonchev–Trinajstić information content (AvgIpc) is 2.17. The molecule has 4 nitrogen and oxygen atoms in total. The SMILES string of the molecule is O=[N+]([O-])CC1CCOc2cccc(Cl)c21. The molecule has 1 aliphatic heterocycles. The summed E-state index contributed by atoms with van der Waals surface area (Å²) in [4.78, 5) is 10.2. The average molecular weight is 228 g/mol. The van der Waals surface area contributed by atoms with E-state index in [0.717, 1.165) is 5.56 Å². The van der Waals surface area contributed by atoms with E-state index in [1.165, 1.54) is 0 Å². The van der Waals surface area contributed by atoms with Gasteiger partial charge in [-0.25, -0.2) is 0 Å². The molecule has 1 unspecified atom stereocenters. The Bertz CT molecular complexity index is 394. The molecule has 80 valence electrons. The molecule has 1 atom stereocenters. The number of nitro groups is 1. The molecule has 0 bridgehead atoms. The van der Waals surface area contributed by atoms with Crippen molar-refractivity contribution in [2.45, 2.75) is 12.3 Å². The third kappa shape index (κ3) is 2.04. The Kier molecular flexibility index (Phi) is 2.77. The van der Waals surface area contributed by atoms with Gasteiger partial charge >= 0.3 is 0 Å². The molecule has 1 aromatic rings. The van der Waals surface area contributed by atoms with E-state index in [4.69, 9.17) is 16.3 Å². The summed E-state index contributed by atoms with van der Waals surface area (Å²) < 4.78 is 5.41. The summed E-state index contributed by atoms with van der Waals surface area (Å²) in [6.45, 7) is 0.436. The van der Waals surface area contributed by atoms with E-state index in [1.54, 1.807) is 18.2 Å². The zero-order chi connectivity index (χ0) is 10.8. The lowest BCUT2D eigenvalue weighted by atomic mass is 9.93. The molecule has 0 amide bonds. The van der Waals surface area contributed by atoms with E-state index in [-0.39, 0.29) is 17.4 Å². The topological polar surface area (TPSA) is 52.4 Å². The Morgan fingerprint density at radius 3 is 3.13 bits per heavy atom. The fourth-order valence-corrected chi connectivity index (χ4v) is 2.18. The molecule has 0 saturated heterocycles. The van der Waals surface area contributed by atoms with Gasteiger partial charge in [0.2, 0.25) is 6.54 Å². The van der Waals surface area contributed by atoms with Gasteiger partial charge in [-0.05, 0) is 18.6 Å². The van der Waals surface area contributed by atoms with E-state index in [1.807, 2.05) is 0 Å². The summed E-state index contributed by atoms with van der Waals surface area (Å²) in [5.74, 6) is 0.554. The number of fused-ring (bicyclic) bond motifs is 1. The van der Waals surface area contributed by atoms with E-state index in [9.17, 15) is 10.1 Å². The van der Waals surface area contributed by atoms with E-state index < -0.39 is 0 Å². The van der Waals surface area contributed by atoms with Crippen molar-refractivity contribution < 1.29 is 9.66 Å². The van der Waals surface area contributed by atoms with Gasteiger partial charge in [-0.15, -0.1) is 0 Å². The highest BCUT2D eigenvalue weighted by Crippen LogP contribution is 2.38. The highest BCUT2D eigenvalue weighted by Gasteiger charge is 2.27. The van der Waals surface area contributed by atoms with Crippen molar-refractivity contribution in [3.05, 3.63) is 38.9 Å². The maximum absolute atomic E-state index is 10.5. The summed E-state index contributed by atoms with van der Waals surface area (Å²) in [7, 11) is 0. The molecular weight excluding hydrogens is 218 g/mol. The lowest BCUT2D eigenvalue weighted by Crippen LogP contribution is -2.21. The number of ether oxygens (including phenoxy) is 1. The number of benzene rings is 1. The highest BCUT2D eigenvalue weighted by molar-refractivity contribution is 6.31. The van der Waals surface area contributed by atoms with Crippen LogP contribution in [0.4, 0.5) is 0 Å². The van der Waals surface area contributed by atoms with Crippen LogP contribution in [0.15, 0.2) is 18.2 Å². The van der Waals surface area contributed by atoms with Gasteiger partial charge < -0.3 is 4.74 Å². The molecule has 0 N–H and O–H groups in total. The van der Waals surface area contributed by atoms with Crippen molar-refractivity contribution in [2.75, 3.05) is 13.2 Å². The van der Waals surface area contributed by atoms with Crippen molar-refractivity contribution >= 4 is 11.6 Å². The van der Waals surface area contributed by atoms with Crippen LogP contribution in [0.2, 0.25) is 5.02 Å². The Balaban J connectivity index is 2.36. The van der Waals surface area contributed by atoms with Gasteiger partial charge in [0.05, 0.1) is 12.5 Å². The van der Waals surface area contributed by atoms with Crippen molar-refractivity contribution in [3.63, 3.8) is 0 Å². The fourth-order valence-electron chi connectivity index (χ4n) is 1.86. The molecule has 1 aromatic carbocycles. The fraction of sp³-hybridized carbons (Fsp3) is 0.400. The molecule has 0 fully saturated rings. The minimum atomic E-state index is -0.302. The maximum Gasteiger partial charge on any atom is 0.211 e. The molecular formula is C10H10ClNO3. The van der Waals surface area contributed by atoms with E-state index >= 15 is 0 Å². The van der Waals surface area contributed by atoms with Crippen LogP contribution in [-0.4, -0.2) is 18.1 Å². The first kappa shape index (κ1) is 10.2. The molecule has 0 aliphatic carbocycles. The normalized spacial score (nSPS) is 19.1. The van der Waals surface area contributed by atoms with Crippen LogP contribution in [0.25, 0.3) is 0 Å².